The zero-order valence-electron chi connectivity index (χ0n) is 18.8. The SMILES string of the molecule is COc1cc(C(=O)N2CCC(/C3=C/C=C(N)\N=C/CCC3)CC2)ncc1OCC(C)C. The molecule has 1 saturated heterocycles. The van der Waals surface area contributed by atoms with E-state index in [-0.39, 0.29) is 5.91 Å². The summed E-state index contributed by atoms with van der Waals surface area (Å²) in [5.74, 6) is 2.46. The van der Waals surface area contributed by atoms with Gasteiger partial charge in [-0.25, -0.2) is 9.98 Å². The fourth-order valence-corrected chi connectivity index (χ4v) is 3.91. The van der Waals surface area contributed by atoms with Crippen LogP contribution in [0, 0.1) is 11.8 Å². The van der Waals surface area contributed by atoms with Crippen LogP contribution < -0.4 is 15.2 Å². The van der Waals surface area contributed by atoms with E-state index in [0.29, 0.717) is 54.5 Å². The van der Waals surface area contributed by atoms with Gasteiger partial charge >= 0.3 is 0 Å². The normalized spacial score (nSPS) is 22.4. The minimum absolute atomic E-state index is 0.0619. The van der Waals surface area contributed by atoms with E-state index < -0.39 is 0 Å². The Labute approximate surface area is 185 Å². The van der Waals surface area contributed by atoms with Gasteiger partial charge in [-0.2, -0.15) is 0 Å². The van der Waals surface area contributed by atoms with Crippen molar-refractivity contribution in [3.05, 3.63) is 41.5 Å². The zero-order valence-corrected chi connectivity index (χ0v) is 18.8. The van der Waals surface area contributed by atoms with Crippen LogP contribution in [-0.4, -0.2) is 48.8 Å². The molecule has 0 unspecified atom stereocenters. The Morgan fingerprint density at radius 3 is 2.74 bits per heavy atom. The summed E-state index contributed by atoms with van der Waals surface area (Å²) in [6.45, 7) is 6.16. The van der Waals surface area contributed by atoms with Gasteiger partial charge < -0.3 is 20.1 Å². The standard InChI is InChI=1S/C24H34N4O3/c1-17(2)16-31-22-15-27-20(14-21(22)30-3)24(29)28-12-9-19(10-13-28)18-6-4-5-11-26-23(25)8-7-18/h7-8,11,14-15,17,19H,4-6,9-10,12-13,16,25H2,1-3H3/b18-7+,23-8-,26-11-. The number of hydrogen-bond acceptors (Lipinski definition) is 6. The molecule has 0 aromatic carbocycles. The Balaban J connectivity index is 1.62. The maximum absolute atomic E-state index is 13.0. The molecule has 31 heavy (non-hydrogen) atoms. The van der Waals surface area contributed by atoms with Crippen LogP contribution in [0.15, 0.2) is 40.8 Å². The third-order valence-electron chi connectivity index (χ3n) is 5.66. The van der Waals surface area contributed by atoms with Gasteiger partial charge in [0.2, 0.25) is 0 Å². The second-order valence-electron chi connectivity index (χ2n) is 8.53. The van der Waals surface area contributed by atoms with Crippen molar-refractivity contribution in [3.8, 4) is 11.5 Å². The molecule has 1 aromatic heterocycles. The molecule has 7 heteroatoms. The highest BCUT2D eigenvalue weighted by Crippen LogP contribution is 2.31. The number of methoxy groups -OCH3 is 1. The fraction of sp³-hybridized carbons (Fsp3) is 0.542. The summed E-state index contributed by atoms with van der Waals surface area (Å²) in [5.41, 5.74) is 7.70. The Hall–Kier alpha value is -2.83. The third kappa shape index (κ3) is 6.32. The quantitative estimate of drug-likeness (QED) is 0.744. The van der Waals surface area contributed by atoms with Crippen LogP contribution in [0.5, 0.6) is 11.5 Å². The summed E-state index contributed by atoms with van der Waals surface area (Å²) in [6, 6.07) is 1.68. The molecule has 3 rings (SSSR count). The van der Waals surface area contributed by atoms with E-state index in [1.807, 2.05) is 17.2 Å². The highest BCUT2D eigenvalue weighted by atomic mass is 16.5. The number of carbonyl (C=O) groups is 1. The number of carbonyl (C=O) groups excluding carboxylic acids is 1. The number of nitrogens with two attached hydrogens (primary N) is 1. The molecule has 2 N–H and O–H groups in total. The molecule has 2 aliphatic rings. The van der Waals surface area contributed by atoms with Crippen LogP contribution in [0.1, 0.15) is 56.4 Å². The van der Waals surface area contributed by atoms with Crippen molar-refractivity contribution in [3.63, 3.8) is 0 Å². The zero-order chi connectivity index (χ0) is 22.2. The van der Waals surface area contributed by atoms with Gasteiger partial charge in [0.15, 0.2) is 11.5 Å². The van der Waals surface area contributed by atoms with Gasteiger partial charge in [-0.15, -0.1) is 0 Å². The summed E-state index contributed by atoms with van der Waals surface area (Å²) in [7, 11) is 1.58. The molecule has 2 aliphatic heterocycles. The average Bonchev–Trinajstić information content (AvgIpc) is 2.89. The predicted molar refractivity (Wildman–Crippen MR) is 122 cm³/mol. The van der Waals surface area contributed by atoms with Gasteiger partial charge in [-0.1, -0.05) is 25.5 Å². The van der Waals surface area contributed by atoms with Gasteiger partial charge in [0.25, 0.3) is 5.91 Å². The second-order valence-corrected chi connectivity index (χ2v) is 8.53. The minimum Gasteiger partial charge on any atom is -0.493 e. The number of aliphatic imine (C=N–C) groups is 1. The first-order chi connectivity index (χ1) is 15.0. The van der Waals surface area contributed by atoms with Crippen molar-refractivity contribution in [2.75, 3.05) is 26.8 Å². The van der Waals surface area contributed by atoms with E-state index in [1.54, 1.807) is 19.4 Å². The first-order valence-electron chi connectivity index (χ1n) is 11.1. The lowest BCUT2D eigenvalue weighted by atomic mass is 9.86. The predicted octanol–water partition coefficient (Wildman–Crippen LogP) is 3.96. The van der Waals surface area contributed by atoms with Gasteiger partial charge in [0, 0.05) is 25.4 Å². The van der Waals surface area contributed by atoms with Crippen LogP contribution in [0.25, 0.3) is 0 Å². The number of likely N-dealkylation sites (tertiary alicyclic amines) is 1. The van der Waals surface area contributed by atoms with Crippen LogP contribution >= 0.6 is 0 Å². The molecule has 3 heterocycles. The van der Waals surface area contributed by atoms with E-state index >= 15 is 0 Å². The molecular formula is C24H34N4O3. The van der Waals surface area contributed by atoms with Crippen molar-refractivity contribution in [1.29, 1.82) is 0 Å². The number of aromatic nitrogens is 1. The number of hydrogen-bond donors (Lipinski definition) is 1. The van der Waals surface area contributed by atoms with Crippen molar-refractivity contribution in [2.45, 2.75) is 46.0 Å². The number of ether oxygens (including phenoxy) is 2. The maximum atomic E-state index is 13.0. The number of amides is 1. The molecular weight excluding hydrogens is 392 g/mol. The van der Waals surface area contributed by atoms with Crippen molar-refractivity contribution < 1.29 is 14.3 Å². The lowest BCUT2D eigenvalue weighted by molar-refractivity contribution is 0.0694. The highest BCUT2D eigenvalue weighted by molar-refractivity contribution is 5.93. The van der Waals surface area contributed by atoms with E-state index in [4.69, 9.17) is 15.2 Å². The van der Waals surface area contributed by atoms with Crippen molar-refractivity contribution in [2.24, 2.45) is 22.6 Å². The number of nitrogens with zero attached hydrogens (tertiary/aromatic N) is 3. The topological polar surface area (TPSA) is 90.0 Å². The summed E-state index contributed by atoms with van der Waals surface area (Å²) in [5, 5.41) is 0. The Bertz CT molecular complexity index is 852. The molecule has 0 atom stereocenters. The van der Waals surface area contributed by atoms with E-state index in [2.05, 4.69) is 29.9 Å². The summed E-state index contributed by atoms with van der Waals surface area (Å²) in [6.07, 6.45) is 12.4. The molecule has 7 nitrogen and oxygen atoms in total. The Morgan fingerprint density at radius 1 is 1.26 bits per heavy atom. The number of allylic oxidation sites excluding steroid dienone is 3. The highest BCUT2D eigenvalue weighted by Gasteiger charge is 2.27. The van der Waals surface area contributed by atoms with Gasteiger partial charge in [0.05, 0.1) is 19.9 Å². The summed E-state index contributed by atoms with van der Waals surface area (Å²) in [4.78, 5) is 23.5. The van der Waals surface area contributed by atoms with Gasteiger partial charge in [0.1, 0.15) is 11.5 Å². The van der Waals surface area contributed by atoms with E-state index in [0.717, 1.165) is 32.1 Å². The monoisotopic (exact) mass is 426 g/mol. The van der Waals surface area contributed by atoms with Crippen molar-refractivity contribution >= 4 is 12.1 Å². The molecule has 0 saturated carbocycles. The fourth-order valence-electron chi connectivity index (χ4n) is 3.91. The first-order valence-corrected chi connectivity index (χ1v) is 11.1. The molecule has 0 aliphatic carbocycles. The lowest BCUT2D eigenvalue weighted by Gasteiger charge is -2.33. The van der Waals surface area contributed by atoms with E-state index in [9.17, 15) is 4.79 Å². The van der Waals surface area contributed by atoms with Crippen LogP contribution in [0.3, 0.4) is 0 Å². The molecule has 0 spiro atoms. The van der Waals surface area contributed by atoms with Crippen molar-refractivity contribution in [1.82, 2.24) is 9.88 Å². The maximum Gasteiger partial charge on any atom is 0.272 e. The largest absolute Gasteiger partial charge is 0.493 e. The smallest absolute Gasteiger partial charge is 0.272 e. The second kappa shape index (κ2) is 11.0. The van der Waals surface area contributed by atoms with Gasteiger partial charge in [-0.05, 0) is 50.0 Å². The van der Waals surface area contributed by atoms with Crippen LogP contribution in [-0.2, 0) is 0 Å². The Morgan fingerprint density at radius 2 is 2.03 bits per heavy atom. The number of pyridine rings is 1. The number of rotatable bonds is 6. The van der Waals surface area contributed by atoms with Crippen LogP contribution in [0.2, 0.25) is 0 Å². The molecule has 0 radical (unpaired) electrons. The molecule has 1 fully saturated rings. The molecule has 1 amide bonds. The molecule has 1 aromatic rings. The minimum atomic E-state index is -0.0619. The summed E-state index contributed by atoms with van der Waals surface area (Å²) >= 11 is 0. The van der Waals surface area contributed by atoms with Crippen LogP contribution in [0.4, 0.5) is 0 Å². The summed E-state index contributed by atoms with van der Waals surface area (Å²) < 4.78 is 11.2. The first kappa shape index (κ1) is 22.8. The average molecular weight is 427 g/mol. The van der Waals surface area contributed by atoms with Gasteiger partial charge in [-0.3, -0.25) is 4.79 Å². The lowest BCUT2D eigenvalue weighted by Crippen LogP contribution is -2.39. The number of piperidine rings is 1. The third-order valence-corrected chi connectivity index (χ3v) is 5.66. The Kier molecular flexibility index (Phi) is 8.09. The molecule has 168 valence electrons. The van der Waals surface area contributed by atoms with E-state index in [1.165, 1.54) is 5.57 Å². The molecule has 0 bridgehead atoms.